The molecule has 0 aliphatic carbocycles. The minimum Gasteiger partial charge on any atom is -0.493 e. The SMILES string of the molecule is COc1cc2c(cc1OCCOC1CCCCO1)-c1c(-c3cccs3)cc(C(=O)O)n1CC2. The van der Waals surface area contributed by atoms with Gasteiger partial charge in [0, 0.05) is 29.2 Å². The van der Waals surface area contributed by atoms with Crippen LogP contribution in [0.4, 0.5) is 0 Å². The van der Waals surface area contributed by atoms with Gasteiger partial charge in [-0.25, -0.2) is 4.79 Å². The van der Waals surface area contributed by atoms with Crippen molar-refractivity contribution in [3.05, 3.63) is 47.0 Å². The molecule has 5 rings (SSSR count). The highest BCUT2D eigenvalue weighted by Crippen LogP contribution is 2.45. The summed E-state index contributed by atoms with van der Waals surface area (Å²) in [6, 6.07) is 9.75. The first-order valence-corrected chi connectivity index (χ1v) is 12.1. The molecule has 1 unspecified atom stereocenters. The van der Waals surface area contributed by atoms with Gasteiger partial charge in [-0.15, -0.1) is 11.3 Å². The molecule has 1 aromatic carbocycles. The third-order valence-electron chi connectivity index (χ3n) is 6.13. The Kier molecular flexibility index (Phi) is 6.39. The maximum Gasteiger partial charge on any atom is 0.352 e. The third-order valence-corrected chi connectivity index (χ3v) is 7.04. The molecule has 33 heavy (non-hydrogen) atoms. The molecule has 4 heterocycles. The second-order valence-corrected chi connectivity index (χ2v) is 9.10. The molecule has 2 aliphatic heterocycles. The highest BCUT2D eigenvalue weighted by Gasteiger charge is 2.28. The van der Waals surface area contributed by atoms with Crippen LogP contribution in [0, 0.1) is 0 Å². The van der Waals surface area contributed by atoms with Crippen molar-refractivity contribution >= 4 is 17.3 Å². The van der Waals surface area contributed by atoms with Crippen LogP contribution in [0.3, 0.4) is 0 Å². The van der Waals surface area contributed by atoms with Crippen molar-refractivity contribution in [1.82, 2.24) is 4.57 Å². The predicted molar refractivity (Wildman–Crippen MR) is 125 cm³/mol. The van der Waals surface area contributed by atoms with Crippen LogP contribution in [0.5, 0.6) is 11.5 Å². The molecule has 0 saturated carbocycles. The monoisotopic (exact) mass is 469 g/mol. The molecule has 0 spiro atoms. The van der Waals surface area contributed by atoms with Gasteiger partial charge in [0.2, 0.25) is 0 Å². The fraction of sp³-hybridized carbons (Fsp3) is 0.400. The second-order valence-electron chi connectivity index (χ2n) is 8.15. The summed E-state index contributed by atoms with van der Waals surface area (Å²) in [7, 11) is 1.63. The molecule has 2 aliphatic rings. The van der Waals surface area contributed by atoms with Crippen LogP contribution >= 0.6 is 11.3 Å². The normalized spacial score (nSPS) is 17.3. The second kappa shape index (κ2) is 9.59. The number of ether oxygens (including phenoxy) is 4. The first kappa shape index (κ1) is 22.0. The van der Waals surface area contributed by atoms with Crippen molar-refractivity contribution < 1.29 is 28.8 Å². The summed E-state index contributed by atoms with van der Waals surface area (Å²) in [5.74, 6) is 0.362. The van der Waals surface area contributed by atoms with Gasteiger partial charge in [0.15, 0.2) is 17.8 Å². The summed E-state index contributed by atoms with van der Waals surface area (Å²) in [6.07, 6.45) is 3.69. The number of hydrogen-bond acceptors (Lipinski definition) is 6. The summed E-state index contributed by atoms with van der Waals surface area (Å²) in [4.78, 5) is 13.0. The van der Waals surface area contributed by atoms with Crippen molar-refractivity contribution in [1.29, 1.82) is 0 Å². The number of carboxylic acid groups (broad SMARTS) is 1. The number of aryl methyl sites for hydroxylation is 1. The van der Waals surface area contributed by atoms with Gasteiger partial charge in [-0.3, -0.25) is 0 Å². The molecular weight excluding hydrogens is 442 g/mol. The number of thiophene rings is 1. The molecule has 1 saturated heterocycles. The summed E-state index contributed by atoms with van der Waals surface area (Å²) >= 11 is 1.60. The Morgan fingerprint density at radius 2 is 2.12 bits per heavy atom. The van der Waals surface area contributed by atoms with E-state index >= 15 is 0 Å². The Morgan fingerprint density at radius 1 is 1.21 bits per heavy atom. The first-order valence-electron chi connectivity index (χ1n) is 11.2. The van der Waals surface area contributed by atoms with Crippen LogP contribution in [0.15, 0.2) is 35.7 Å². The van der Waals surface area contributed by atoms with Crippen LogP contribution < -0.4 is 9.47 Å². The molecule has 0 amide bonds. The third kappa shape index (κ3) is 4.38. The number of aromatic nitrogens is 1. The Balaban J connectivity index is 1.45. The number of rotatable bonds is 8. The smallest absolute Gasteiger partial charge is 0.352 e. The minimum absolute atomic E-state index is 0.154. The van der Waals surface area contributed by atoms with Crippen LogP contribution in [0.2, 0.25) is 0 Å². The molecule has 3 aromatic rings. The van der Waals surface area contributed by atoms with Gasteiger partial charge >= 0.3 is 5.97 Å². The van der Waals surface area contributed by atoms with E-state index in [1.807, 2.05) is 34.2 Å². The Morgan fingerprint density at radius 3 is 2.85 bits per heavy atom. The van der Waals surface area contributed by atoms with E-state index in [4.69, 9.17) is 18.9 Å². The van der Waals surface area contributed by atoms with E-state index in [0.29, 0.717) is 37.0 Å². The molecule has 1 fully saturated rings. The van der Waals surface area contributed by atoms with Crippen LogP contribution in [0.1, 0.15) is 35.3 Å². The molecule has 7 nitrogen and oxygen atoms in total. The lowest BCUT2D eigenvalue weighted by molar-refractivity contribution is -0.165. The summed E-state index contributed by atoms with van der Waals surface area (Å²) in [5.41, 5.74) is 4.24. The van der Waals surface area contributed by atoms with E-state index in [-0.39, 0.29) is 6.29 Å². The van der Waals surface area contributed by atoms with Crippen LogP contribution in [0.25, 0.3) is 21.7 Å². The van der Waals surface area contributed by atoms with Gasteiger partial charge in [0.1, 0.15) is 12.3 Å². The molecule has 0 radical (unpaired) electrons. The number of benzene rings is 1. The summed E-state index contributed by atoms with van der Waals surface area (Å²) in [6.45, 7) is 2.14. The number of fused-ring (bicyclic) bond motifs is 3. The molecule has 2 aromatic heterocycles. The fourth-order valence-electron chi connectivity index (χ4n) is 4.58. The number of methoxy groups -OCH3 is 1. The quantitative estimate of drug-likeness (QED) is 0.464. The number of carboxylic acids is 1. The van der Waals surface area contributed by atoms with Crippen LogP contribution in [-0.4, -0.2) is 48.9 Å². The van der Waals surface area contributed by atoms with Crippen LogP contribution in [-0.2, 0) is 22.4 Å². The molecule has 1 atom stereocenters. The van der Waals surface area contributed by atoms with Crippen molar-refractivity contribution in [3.63, 3.8) is 0 Å². The molecule has 8 heteroatoms. The lowest BCUT2D eigenvalue weighted by Crippen LogP contribution is -2.24. The van der Waals surface area contributed by atoms with E-state index in [2.05, 4.69) is 0 Å². The average Bonchev–Trinajstić information content (AvgIpc) is 3.50. The zero-order valence-corrected chi connectivity index (χ0v) is 19.4. The van der Waals surface area contributed by atoms with Gasteiger partial charge in [0.25, 0.3) is 0 Å². The highest BCUT2D eigenvalue weighted by molar-refractivity contribution is 7.13. The van der Waals surface area contributed by atoms with Gasteiger partial charge in [0.05, 0.1) is 19.4 Å². The van der Waals surface area contributed by atoms with Gasteiger partial charge in [-0.2, -0.15) is 0 Å². The van der Waals surface area contributed by atoms with Crippen molar-refractivity contribution in [2.24, 2.45) is 0 Å². The number of carbonyl (C=O) groups is 1. The predicted octanol–water partition coefficient (Wildman–Crippen LogP) is 5.07. The number of aromatic carboxylic acids is 1. The maximum atomic E-state index is 12.0. The van der Waals surface area contributed by atoms with Gasteiger partial charge < -0.3 is 28.6 Å². The van der Waals surface area contributed by atoms with E-state index < -0.39 is 5.97 Å². The van der Waals surface area contributed by atoms with Crippen molar-refractivity contribution in [2.75, 3.05) is 26.9 Å². The van der Waals surface area contributed by atoms with Crippen molar-refractivity contribution in [2.45, 2.75) is 38.5 Å². The standard InChI is InChI=1S/C25H27NO6S/c1-29-20-13-16-7-8-26-19(25(27)28)14-18(22-5-4-12-33-22)24(26)17(16)15-21(20)30-10-11-32-23-6-2-3-9-31-23/h4-5,12-15,23H,2-3,6-11H2,1H3,(H,27,28). The van der Waals surface area contributed by atoms with E-state index in [0.717, 1.165) is 59.6 Å². The van der Waals surface area contributed by atoms with E-state index in [9.17, 15) is 9.90 Å². The molecule has 0 bridgehead atoms. The Labute approximate surface area is 196 Å². The molecular formula is C25H27NO6S. The fourth-order valence-corrected chi connectivity index (χ4v) is 5.32. The van der Waals surface area contributed by atoms with Gasteiger partial charge in [-0.05, 0) is 60.9 Å². The molecule has 1 N–H and O–H groups in total. The van der Waals surface area contributed by atoms with E-state index in [1.54, 1.807) is 24.5 Å². The topological polar surface area (TPSA) is 79.2 Å². The summed E-state index contributed by atoms with van der Waals surface area (Å²) in [5, 5.41) is 11.8. The Bertz CT molecular complexity index is 1130. The number of hydrogen-bond donors (Lipinski definition) is 1. The number of nitrogens with zero attached hydrogens (tertiary/aromatic N) is 1. The van der Waals surface area contributed by atoms with Crippen molar-refractivity contribution in [3.8, 4) is 33.2 Å². The minimum atomic E-state index is -0.922. The Hall–Kier alpha value is -2.81. The molecule has 174 valence electrons. The highest BCUT2D eigenvalue weighted by atomic mass is 32.1. The largest absolute Gasteiger partial charge is 0.493 e. The summed E-state index contributed by atoms with van der Waals surface area (Å²) < 4.78 is 25.0. The van der Waals surface area contributed by atoms with Gasteiger partial charge in [-0.1, -0.05) is 6.07 Å². The zero-order valence-electron chi connectivity index (χ0n) is 18.5. The lowest BCUT2D eigenvalue weighted by Gasteiger charge is -2.24. The zero-order chi connectivity index (χ0) is 22.8. The van der Waals surface area contributed by atoms with E-state index in [1.165, 1.54) is 0 Å². The lowest BCUT2D eigenvalue weighted by atomic mass is 9.95. The first-order chi connectivity index (χ1) is 16.2. The average molecular weight is 470 g/mol. The maximum absolute atomic E-state index is 12.0.